The number of aliphatic hydroxyl groups is 1. The van der Waals surface area contributed by atoms with Crippen LogP contribution in [0.15, 0.2) is 18.5 Å². The Morgan fingerprint density at radius 3 is 2.89 bits per heavy atom. The number of carbonyl (C=O) groups is 1. The van der Waals surface area contributed by atoms with E-state index in [1.165, 1.54) is 17.7 Å². The molecule has 2 atom stereocenters. The number of thiophene rings is 1. The van der Waals surface area contributed by atoms with E-state index in [1.807, 2.05) is 6.92 Å². The summed E-state index contributed by atoms with van der Waals surface area (Å²) in [6.45, 7) is 2.02. The second kappa shape index (κ2) is 4.40. The summed E-state index contributed by atoms with van der Waals surface area (Å²) in [7, 11) is 0. The van der Waals surface area contributed by atoms with Crippen LogP contribution in [0.4, 0.5) is 0 Å². The minimum Gasteiger partial charge on any atom is -0.477 e. The van der Waals surface area contributed by atoms with Crippen LogP contribution in [0.5, 0.6) is 0 Å². The predicted molar refractivity (Wildman–Crippen MR) is 70.3 cm³/mol. The Balaban J connectivity index is 2.13. The zero-order valence-electron chi connectivity index (χ0n) is 10.2. The van der Waals surface area contributed by atoms with Crippen molar-refractivity contribution in [1.82, 2.24) is 9.97 Å². The molecule has 1 aliphatic carbocycles. The molecule has 3 rings (SSSR count). The van der Waals surface area contributed by atoms with Crippen LogP contribution in [0.1, 0.15) is 46.3 Å². The normalized spacial score (nSPS) is 21.4. The van der Waals surface area contributed by atoms with Crippen LogP contribution < -0.4 is 0 Å². The molecule has 2 aromatic heterocycles. The Morgan fingerprint density at radius 1 is 1.42 bits per heavy atom. The van der Waals surface area contributed by atoms with Crippen molar-refractivity contribution < 1.29 is 15.0 Å². The summed E-state index contributed by atoms with van der Waals surface area (Å²) in [4.78, 5) is 20.4. The summed E-state index contributed by atoms with van der Waals surface area (Å²) in [5.41, 5.74) is 2.35. The van der Waals surface area contributed by atoms with Crippen LogP contribution in [-0.2, 0) is 0 Å². The highest BCUT2D eigenvalue weighted by atomic mass is 32.1. The maximum Gasteiger partial charge on any atom is 0.345 e. The molecule has 0 fully saturated rings. The van der Waals surface area contributed by atoms with Crippen molar-refractivity contribution >= 4 is 17.3 Å². The molecule has 0 radical (unpaired) electrons. The molecule has 0 amide bonds. The van der Waals surface area contributed by atoms with Gasteiger partial charge in [0.25, 0.3) is 0 Å². The average Bonchev–Trinajstić information content (AvgIpc) is 2.96. The molecule has 0 saturated carbocycles. The van der Waals surface area contributed by atoms with Crippen molar-refractivity contribution in [3.05, 3.63) is 34.6 Å². The molecule has 2 aromatic rings. The molecule has 1 aliphatic rings. The number of hydrogen-bond acceptors (Lipinski definition) is 5. The van der Waals surface area contributed by atoms with Crippen LogP contribution in [0.25, 0.3) is 10.6 Å². The number of aromatic nitrogens is 2. The van der Waals surface area contributed by atoms with Gasteiger partial charge < -0.3 is 10.2 Å². The fraction of sp³-hybridized carbons (Fsp3) is 0.308. The van der Waals surface area contributed by atoms with Crippen LogP contribution >= 0.6 is 11.3 Å². The number of aromatic carboxylic acids is 1. The van der Waals surface area contributed by atoms with Gasteiger partial charge in [0.05, 0.1) is 22.4 Å². The van der Waals surface area contributed by atoms with Crippen molar-refractivity contribution in [3.8, 4) is 10.6 Å². The van der Waals surface area contributed by atoms with Crippen LogP contribution in [0.3, 0.4) is 0 Å². The number of carboxylic acids is 1. The third kappa shape index (κ3) is 1.93. The maximum atomic E-state index is 10.9. The molecule has 2 N–H and O–H groups in total. The van der Waals surface area contributed by atoms with Gasteiger partial charge in [0.15, 0.2) is 0 Å². The monoisotopic (exact) mass is 276 g/mol. The summed E-state index contributed by atoms with van der Waals surface area (Å²) in [5, 5.41) is 18.9. The molecule has 0 spiro atoms. The Hall–Kier alpha value is -1.79. The smallest absolute Gasteiger partial charge is 0.345 e. The van der Waals surface area contributed by atoms with Gasteiger partial charge in [-0.15, -0.1) is 11.3 Å². The Morgan fingerprint density at radius 2 is 2.21 bits per heavy atom. The zero-order valence-corrected chi connectivity index (χ0v) is 11.0. The topological polar surface area (TPSA) is 83.3 Å². The first kappa shape index (κ1) is 12.3. The lowest BCUT2D eigenvalue weighted by molar-refractivity contribution is 0.0702. The zero-order chi connectivity index (χ0) is 13.6. The largest absolute Gasteiger partial charge is 0.477 e. The van der Waals surface area contributed by atoms with E-state index in [4.69, 9.17) is 5.11 Å². The number of fused-ring (bicyclic) bond motifs is 1. The third-order valence-corrected chi connectivity index (χ3v) is 4.43. The van der Waals surface area contributed by atoms with Crippen LogP contribution in [0, 0.1) is 0 Å². The minimum atomic E-state index is -0.935. The molecule has 0 bridgehead atoms. The van der Waals surface area contributed by atoms with Gasteiger partial charge in [0, 0.05) is 5.56 Å². The fourth-order valence-corrected chi connectivity index (χ4v) is 3.36. The van der Waals surface area contributed by atoms with E-state index in [0.717, 1.165) is 16.1 Å². The fourth-order valence-electron chi connectivity index (χ4n) is 2.50. The SMILES string of the molecule is C[C@@H]1C[C@@H](O)c2ncnc(-c3ccc(C(=O)O)s3)c21. The van der Waals surface area contributed by atoms with Crippen molar-refractivity contribution in [2.24, 2.45) is 0 Å². The van der Waals surface area contributed by atoms with Gasteiger partial charge in [0.1, 0.15) is 11.2 Å². The van der Waals surface area contributed by atoms with Gasteiger partial charge in [-0.05, 0) is 24.5 Å². The number of aliphatic hydroxyl groups excluding tert-OH is 1. The number of hydrogen-bond donors (Lipinski definition) is 2. The highest BCUT2D eigenvalue weighted by Crippen LogP contribution is 2.43. The second-order valence-electron chi connectivity index (χ2n) is 4.64. The first-order valence-corrected chi connectivity index (χ1v) is 6.76. The van der Waals surface area contributed by atoms with Gasteiger partial charge in [0.2, 0.25) is 0 Å². The van der Waals surface area contributed by atoms with E-state index in [9.17, 15) is 9.90 Å². The first-order valence-electron chi connectivity index (χ1n) is 5.94. The summed E-state index contributed by atoms with van der Waals surface area (Å²) in [6.07, 6.45) is 1.51. The van der Waals surface area contributed by atoms with Crippen molar-refractivity contribution in [1.29, 1.82) is 0 Å². The van der Waals surface area contributed by atoms with Crippen LogP contribution in [0.2, 0.25) is 0 Å². The van der Waals surface area contributed by atoms with E-state index in [2.05, 4.69) is 9.97 Å². The molecule has 6 heteroatoms. The van der Waals surface area contributed by atoms with Crippen molar-refractivity contribution in [3.63, 3.8) is 0 Å². The van der Waals surface area contributed by atoms with Gasteiger partial charge in [-0.25, -0.2) is 14.8 Å². The molecule has 0 aliphatic heterocycles. The Bertz CT molecular complexity index is 653. The standard InChI is InChI=1S/C13H12N2O3S/c1-6-4-7(16)11-10(6)12(15-5-14-11)8-2-3-9(19-8)13(17)18/h2-3,5-7,16H,4H2,1H3,(H,17,18)/t6-,7-/m1/s1. The van der Waals surface area contributed by atoms with E-state index >= 15 is 0 Å². The van der Waals surface area contributed by atoms with Gasteiger partial charge in [-0.3, -0.25) is 0 Å². The highest BCUT2D eigenvalue weighted by molar-refractivity contribution is 7.17. The van der Waals surface area contributed by atoms with E-state index in [-0.39, 0.29) is 10.8 Å². The van der Waals surface area contributed by atoms with E-state index in [1.54, 1.807) is 12.1 Å². The Kier molecular flexibility index (Phi) is 2.83. The molecule has 5 nitrogen and oxygen atoms in total. The molecular weight excluding hydrogens is 264 g/mol. The molecule has 2 heterocycles. The summed E-state index contributed by atoms with van der Waals surface area (Å²) >= 11 is 1.19. The lowest BCUT2D eigenvalue weighted by Gasteiger charge is -2.08. The van der Waals surface area contributed by atoms with Gasteiger partial charge in [-0.2, -0.15) is 0 Å². The molecule has 19 heavy (non-hydrogen) atoms. The second-order valence-corrected chi connectivity index (χ2v) is 5.73. The molecule has 0 unspecified atom stereocenters. The third-order valence-electron chi connectivity index (χ3n) is 3.35. The first-order chi connectivity index (χ1) is 9.08. The molecular formula is C13H12N2O3S. The van der Waals surface area contributed by atoms with Crippen molar-refractivity contribution in [2.45, 2.75) is 25.4 Å². The predicted octanol–water partition coefficient (Wildman–Crippen LogP) is 2.44. The number of rotatable bonds is 2. The van der Waals surface area contributed by atoms with Gasteiger partial charge >= 0.3 is 5.97 Å². The summed E-state index contributed by atoms with van der Waals surface area (Å²) < 4.78 is 0. The van der Waals surface area contributed by atoms with Crippen LogP contribution in [-0.4, -0.2) is 26.2 Å². The van der Waals surface area contributed by atoms with Crippen molar-refractivity contribution in [2.75, 3.05) is 0 Å². The lowest BCUT2D eigenvalue weighted by Crippen LogP contribution is -1.98. The quantitative estimate of drug-likeness (QED) is 0.880. The Labute approximate surface area is 113 Å². The minimum absolute atomic E-state index is 0.177. The number of nitrogens with zero attached hydrogens (tertiary/aromatic N) is 2. The molecule has 0 saturated heterocycles. The molecule has 0 aromatic carbocycles. The highest BCUT2D eigenvalue weighted by Gasteiger charge is 2.31. The van der Waals surface area contributed by atoms with E-state index < -0.39 is 12.1 Å². The van der Waals surface area contributed by atoms with E-state index in [0.29, 0.717) is 12.1 Å². The van der Waals surface area contributed by atoms with Gasteiger partial charge in [-0.1, -0.05) is 6.92 Å². The summed E-state index contributed by atoms with van der Waals surface area (Å²) in [6, 6.07) is 3.33. The lowest BCUT2D eigenvalue weighted by atomic mass is 10.0. The summed E-state index contributed by atoms with van der Waals surface area (Å²) in [5.74, 6) is -0.758. The maximum absolute atomic E-state index is 10.9. The molecule has 98 valence electrons. The average molecular weight is 276 g/mol. The number of carboxylic acid groups (broad SMARTS) is 1.